The molecule has 0 bridgehead atoms. The van der Waals surface area contributed by atoms with E-state index < -0.39 is 0 Å². The predicted molar refractivity (Wildman–Crippen MR) is 55.7 cm³/mol. The minimum absolute atomic E-state index is 0.559. The smallest absolute Gasteiger partial charge is 0.130 e. The average Bonchev–Trinajstić information content (AvgIpc) is 2.23. The zero-order valence-electron chi connectivity index (χ0n) is 7.72. The molecule has 2 aromatic rings. The summed E-state index contributed by atoms with van der Waals surface area (Å²) in [6.45, 7) is 0. The normalized spacial score (nSPS) is 10.0. The standard InChI is InChI=1S/C11H11N3/c12-11-10(7-13-8-14-11)6-9-4-2-1-3-5-9/h1-5,7-8H,6H2,(H2,12,13,14). The number of nitrogens with zero attached hydrogens (tertiary/aromatic N) is 2. The van der Waals surface area contributed by atoms with Crippen LogP contribution < -0.4 is 5.73 Å². The molecule has 0 unspecified atom stereocenters. The van der Waals surface area contributed by atoms with Crippen molar-refractivity contribution in [2.24, 2.45) is 0 Å². The Kier molecular flexibility index (Phi) is 2.40. The number of nitrogens with two attached hydrogens (primary N) is 1. The van der Waals surface area contributed by atoms with Crippen molar-refractivity contribution in [2.75, 3.05) is 5.73 Å². The van der Waals surface area contributed by atoms with E-state index in [9.17, 15) is 0 Å². The van der Waals surface area contributed by atoms with E-state index in [0.29, 0.717) is 5.82 Å². The molecule has 1 aromatic heterocycles. The van der Waals surface area contributed by atoms with Crippen molar-refractivity contribution >= 4 is 5.82 Å². The Hall–Kier alpha value is -1.90. The van der Waals surface area contributed by atoms with Gasteiger partial charge >= 0.3 is 0 Å². The Morgan fingerprint density at radius 1 is 1.14 bits per heavy atom. The fourth-order valence-electron chi connectivity index (χ4n) is 1.32. The van der Waals surface area contributed by atoms with Gasteiger partial charge in [0.15, 0.2) is 0 Å². The molecule has 0 fully saturated rings. The first-order valence-corrected chi connectivity index (χ1v) is 4.44. The van der Waals surface area contributed by atoms with Crippen molar-refractivity contribution in [2.45, 2.75) is 6.42 Å². The molecular weight excluding hydrogens is 174 g/mol. The summed E-state index contributed by atoms with van der Waals surface area (Å²) >= 11 is 0. The Balaban J connectivity index is 2.24. The maximum atomic E-state index is 5.72. The van der Waals surface area contributed by atoms with Crippen molar-refractivity contribution in [3.05, 3.63) is 54.0 Å². The van der Waals surface area contributed by atoms with Gasteiger partial charge in [0.25, 0.3) is 0 Å². The molecule has 0 aliphatic heterocycles. The molecule has 1 aromatic carbocycles. The minimum Gasteiger partial charge on any atom is -0.383 e. The number of hydrogen-bond acceptors (Lipinski definition) is 3. The number of nitrogen functional groups attached to an aromatic ring is 1. The average molecular weight is 185 g/mol. The van der Waals surface area contributed by atoms with Gasteiger partial charge in [0, 0.05) is 18.2 Å². The van der Waals surface area contributed by atoms with E-state index in [1.165, 1.54) is 11.9 Å². The summed E-state index contributed by atoms with van der Waals surface area (Å²) in [5.41, 5.74) is 7.90. The maximum absolute atomic E-state index is 5.72. The summed E-state index contributed by atoms with van der Waals surface area (Å²) in [6, 6.07) is 10.1. The van der Waals surface area contributed by atoms with Gasteiger partial charge < -0.3 is 5.73 Å². The molecule has 0 aliphatic carbocycles. The third-order valence-electron chi connectivity index (χ3n) is 2.06. The quantitative estimate of drug-likeness (QED) is 0.774. The number of aromatic nitrogens is 2. The van der Waals surface area contributed by atoms with Crippen LogP contribution in [0.4, 0.5) is 5.82 Å². The molecule has 2 rings (SSSR count). The van der Waals surface area contributed by atoms with E-state index in [1.807, 2.05) is 18.2 Å². The van der Waals surface area contributed by atoms with Crippen LogP contribution in [0.1, 0.15) is 11.1 Å². The van der Waals surface area contributed by atoms with Crippen LogP contribution in [0.2, 0.25) is 0 Å². The highest BCUT2D eigenvalue weighted by Gasteiger charge is 2.00. The van der Waals surface area contributed by atoms with Crippen molar-refractivity contribution < 1.29 is 0 Å². The third-order valence-corrected chi connectivity index (χ3v) is 2.06. The maximum Gasteiger partial charge on any atom is 0.130 e. The first-order chi connectivity index (χ1) is 6.86. The lowest BCUT2D eigenvalue weighted by Crippen LogP contribution is -1.99. The third kappa shape index (κ3) is 1.88. The van der Waals surface area contributed by atoms with Crippen molar-refractivity contribution in [3.63, 3.8) is 0 Å². The monoisotopic (exact) mass is 185 g/mol. The fourth-order valence-corrected chi connectivity index (χ4v) is 1.32. The van der Waals surface area contributed by atoms with Crippen LogP contribution in [-0.4, -0.2) is 9.97 Å². The molecule has 1 heterocycles. The topological polar surface area (TPSA) is 51.8 Å². The molecule has 70 valence electrons. The molecule has 0 radical (unpaired) electrons. The van der Waals surface area contributed by atoms with E-state index in [4.69, 9.17) is 5.73 Å². The van der Waals surface area contributed by atoms with Gasteiger partial charge in [-0.05, 0) is 5.56 Å². The lowest BCUT2D eigenvalue weighted by atomic mass is 10.1. The van der Waals surface area contributed by atoms with E-state index in [1.54, 1.807) is 6.20 Å². The Morgan fingerprint density at radius 3 is 2.64 bits per heavy atom. The number of rotatable bonds is 2. The molecule has 0 saturated carbocycles. The molecule has 2 N–H and O–H groups in total. The fraction of sp³-hybridized carbons (Fsp3) is 0.0909. The summed E-state index contributed by atoms with van der Waals surface area (Å²) < 4.78 is 0. The first kappa shape index (κ1) is 8.69. The summed E-state index contributed by atoms with van der Waals surface area (Å²) in [5.74, 6) is 0.559. The van der Waals surface area contributed by atoms with Gasteiger partial charge in [-0.15, -0.1) is 0 Å². The van der Waals surface area contributed by atoms with E-state index >= 15 is 0 Å². The van der Waals surface area contributed by atoms with Crippen LogP contribution in [0.25, 0.3) is 0 Å². The van der Waals surface area contributed by atoms with Gasteiger partial charge in [-0.25, -0.2) is 9.97 Å². The van der Waals surface area contributed by atoms with Crippen LogP contribution in [0.15, 0.2) is 42.9 Å². The molecule has 3 nitrogen and oxygen atoms in total. The SMILES string of the molecule is Nc1ncncc1Cc1ccccc1. The molecule has 0 aliphatic rings. The summed E-state index contributed by atoms with van der Waals surface area (Å²) in [6.07, 6.45) is 4.01. The van der Waals surface area contributed by atoms with Crippen molar-refractivity contribution in [1.82, 2.24) is 9.97 Å². The highest BCUT2D eigenvalue weighted by atomic mass is 14.9. The second-order valence-corrected chi connectivity index (χ2v) is 3.10. The number of benzene rings is 1. The van der Waals surface area contributed by atoms with Gasteiger partial charge in [0.05, 0.1) is 0 Å². The molecule has 0 spiro atoms. The Labute approximate surface area is 82.6 Å². The lowest BCUT2D eigenvalue weighted by molar-refractivity contribution is 1.08. The molecular formula is C11H11N3. The second-order valence-electron chi connectivity index (χ2n) is 3.10. The van der Waals surface area contributed by atoms with Crippen LogP contribution in [0.5, 0.6) is 0 Å². The molecule has 14 heavy (non-hydrogen) atoms. The summed E-state index contributed by atoms with van der Waals surface area (Å²) in [7, 11) is 0. The van der Waals surface area contributed by atoms with Crippen LogP contribution >= 0.6 is 0 Å². The van der Waals surface area contributed by atoms with E-state index in [0.717, 1.165) is 12.0 Å². The van der Waals surface area contributed by atoms with Crippen LogP contribution in [0.3, 0.4) is 0 Å². The molecule has 3 heteroatoms. The first-order valence-electron chi connectivity index (χ1n) is 4.44. The zero-order valence-corrected chi connectivity index (χ0v) is 7.72. The van der Waals surface area contributed by atoms with Gasteiger partial charge in [0.2, 0.25) is 0 Å². The molecule has 0 amide bonds. The van der Waals surface area contributed by atoms with Crippen LogP contribution in [0, 0.1) is 0 Å². The van der Waals surface area contributed by atoms with E-state index in [-0.39, 0.29) is 0 Å². The predicted octanol–water partition coefficient (Wildman–Crippen LogP) is 1.65. The largest absolute Gasteiger partial charge is 0.383 e. The second kappa shape index (κ2) is 3.87. The van der Waals surface area contributed by atoms with E-state index in [2.05, 4.69) is 22.1 Å². The van der Waals surface area contributed by atoms with Crippen molar-refractivity contribution in [3.8, 4) is 0 Å². The van der Waals surface area contributed by atoms with Crippen molar-refractivity contribution in [1.29, 1.82) is 0 Å². The number of anilines is 1. The number of hydrogen-bond donors (Lipinski definition) is 1. The Bertz CT molecular complexity index is 412. The van der Waals surface area contributed by atoms with Gasteiger partial charge in [-0.3, -0.25) is 0 Å². The Morgan fingerprint density at radius 2 is 1.93 bits per heavy atom. The van der Waals surface area contributed by atoms with Crippen LogP contribution in [-0.2, 0) is 6.42 Å². The summed E-state index contributed by atoms with van der Waals surface area (Å²) in [4.78, 5) is 7.89. The lowest BCUT2D eigenvalue weighted by Gasteiger charge is -2.02. The molecule has 0 saturated heterocycles. The van der Waals surface area contributed by atoms with Gasteiger partial charge in [-0.1, -0.05) is 30.3 Å². The zero-order chi connectivity index (χ0) is 9.80. The molecule has 0 atom stereocenters. The van der Waals surface area contributed by atoms with Gasteiger partial charge in [0.1, 0.15) is 12.1 Å². The minimum atomic E-state index is 0.559. The highest BCUT2D eigenvalue weighted by molar-refractivity contribution is 5.39. The summed E-state index contributed by atoms with van der Waals surface area (Å²) in [5, 5.41) is 0. The highest BCUT2D eigenvalue weighted by Crippen LogP contribution is 2.11. The van der Waals surface area contributed by atoms with Gasteiger partial charge in [-0.2, -0.15) is 0 Å².